The van der Waals surface area contributed by atoms with Gasteiger partial charge in [0.15, 0.2) is 11.4 Å². The van der Waals surface area contributed by atoms with Crippen LogP contribution in [0.5, 0.6) is 5.75 Å². The van der Waals surface area contributed by atoms with Crippen molar-refractivity contribution in [3.05, 3.63) is 29.7 Å². The summed E-state index contributed by atoms with van der Waals surface area (Å²) in [6.07, 6.45) is 5.44. The Morgan fingerprint density at radius 1 is 1.38 bits per heavy atom. The van der Waals surface area contributed by atoms with Crippen LogP contribution in [0, 0.1) is 6.92 Å². The highest BCUT2D eigenvalue weighted by Crippen LogP contribution is 2.22. The third kappa shape index (κ3) is 3.53. The summed E-state index contributed by atoms with van der Waals surface area (Å²) in [5.41, 5.74) is 2.01. The highest BCUT2D eigenvalue weighted by atomic mass is 16.5. The number of pyridine rings is 1. The molecule has 0 radical (unpaired) electrons. The van der Waals surface area contributed by atoms with E-state index in [0.717, 1.165) is 18.7 Å². The summed E-state index contributed by atoms with van der Waals surface area (Å²) in [5.74, 6) is 0.631. The molecule has 0 aromatic carbocycles. The second-order valence-corrected chi connectivity index (χ2v) is 6.20. The van der Waals surface area contributed by atoms with Gasteiger partial charge in [-0.3, -0.25) is 9.20 Å². The van der Waals surface area contributed by atoms with Crippen molar-refractivity contribution in [1.82, 2.24) is 19.6 Å². The number of likely N-dealkylation sites (tertiary alicyclic amines) is 1. The lowest BCUT2D eigenvalue weighted by Crippen LogP contribution is -2.29. The number of amides is 1. The number of aromatic nitrogens is 2. The first-order chi connectivity index (χ1) is 11.7. The minimum Gasteiger partial charge on any atom is -0.490 e. The van der Waals surface area contributed by atoms with Crippen LogP contribution in [-0.4, -0.2) is 53.0 Å². The van der Waals surface area contributed by atoms with Crippen LogP contribution in [0.4, 0.5) is 0 Å². The van der Waals surface area contributed by atoms with Gasteiger partial charge in [0.1, 0.15) is 5.69 Å². The summed E-state index contributed by atoms with van der Waals surface area (Å²) >= 11 is 0. The molecule has 0 saturated carbocycles. The summed E-state index contributed by atoms with van der Waals surface area (Å²) in [4.78, 5) is 19.6. The Balaban J connectivity index is 1.65. The Labute approximate surface area is 142 Å². The highest BCUT2D eigenvalue weighted by Gasteiger charge is 2.18. The van der Waals surface area contributed by atoms with Crippen LogP contribution in [0.15, 0.2) is 18.3 Å². The normalized spacial score (nSPS) is 15.1. The smallest absolute Gasteiger partial charge is 0.270 e. The first kappa shape index (κ1) is 16.8. The summed E-state index contributed by atoms with van der Waals surface area (Å²) < 4.78 is 7.42. The SMILES string of the molecule is CCOc1cccn2c(C(=O)NCCCN3CCCC3)c(C)nc12. The van der Waals surface area contributed by atoms with Crippen LogP contribution in [0.3, 0.4) is 0 Å². The van der Waals surface area contributed by atoms with Gasteiger partial charge in [0, 0.05) is 12.7 Å². The number of carbonyl (C=O) groups excluding carboxylic acids is 1. The van der Waals surface area contributed by atoms with Crippen LogP contribution in [0.1, 0.15) is 42.4 Å². The summed E-state index contributed by atoms with van der Waals surface area (Å²) in [6, 6.07) is 3.76. The molecule has 0 unspecified atom stereocenters. The molecule has 130 valence electrons. The van der Waals surface area contributed by atoms with Gasteiger partial charge in [-0.05, 0) is 64.9 Å². The molecule has 0 spiro atoms. The number of fused-ring (bicyclic) bond motifs is 1. The number of rotatable bonds is 7. The molecular weight excluding hydrogens is 304 g/mol. The number of hydrogen-bond donors (Lipinski definition) is 1. The number of imidazole rings is 1. The van der Waals surface area contributed by atoms with Gasteiger partial charge in [-0.15, -0.1) is 0 Å². The molecule has 2 aromatic heterocycles. The van der Waals surface area contributed by atoms with Crippen LogP contribution in [0.25, 0.3) is 5.65 Å². The van der Waals surface area contributed by atoms with Crippen molar-refractivity contribution < 1.29 is 9.53 Å². The zero-order valence-electron chi connectivity index (χ0n) is 14.5. The maximum absolute atomic E-state index is 12.6. The van der Waals surface area contributed by atoms with Gasteiger partial charge in [-0.25, -0.2) is 4.98 Å². The molecular formula is C18H26N4O2. The Morgan fingerprint density at radius 3 is 2.92 bits per heavy atom. The van der Waals surface area contributed by atoms with E-state index in [1.165, 1.54) is 25.9 Å². The van der Waals surface area contributed by atoms with E-state index in [-0.39, 0.29) is 5.91 Å². The largest absolute Gasteiger partial charge is 0.490 e. The summed E-state index contributed by atoms with van der Waals surface area (Å²) in [5, 5.41) is 3.03. The lowest BCUT2D eigenvalue weighted by Gasteiger charge is -2.14. The zero-order valence-corrected chi connectivity index (χ0v) is 14.5. The second kappa shape index (κ2) is 7.66. The molecule has 3 rings (SSSR count). The molecule has 1 aliphatic rings. The van der Waals surface area contributed by atoms with Crippen LogP contribution < -0.4 is 10.1 Å². The van der Waals surface area contributed by atoms with Crippen LogP contribution in [-0.2, 0) is 0 Å². The third-order valence-electron chi connectivity index (χ3n) is 4.44. The fraction of sp³-hybridized carbons (Fsp3) is 0.556. The molecule has 0 bridgehead atoms. The van der Waals surface area contributed by atoms with Crippen molar-refractivity contribution >= 4 is 11.6 Å². The fourth-order valence-corrected chi connectivity index (χ4v) is 3.29. The molecule has 6 heteroatoms. The molecule has 0 aliphatic carbocycles. The number of nitrogens with zero attached hydrogens (tertiary/aromatic N) is 3. The topological polar surface area (TPSA) is 58.9 Å². The number of ether oxygens (including phenoxy) is 1. The molecule has 1 N–H and O–H groups in total. The number of hydrogen-bond acceptors (Lipinski definition) is 4. The highest BCUT2D eigenvalue weighted by molar-refractivity contribution is 5.94. The quantitative estimate of drug-likeness (QED) is 0.791. The molecule has 1 amide bonds. The van der Waals surface area contributed by atoms with Crippen molar-refractivity contribution in [3.63, 3.8) is 0 Å². The molecule has 1 saturated heterocycles. The van der Waals surface area contributed by atoms with Gasteiger partial charge < -0.3 is 15.0 Å². The fourth-order valence-electron chi connectivity index (χ4n) is 3.29. The summed E-state index contributed by atoms with van der Waals surface area (Å²) in [7, 11) is 0. The van der Waals surface area contributed by atoms with Crippen molar-refractivity contribution in [2.45, 2.75) is 33.1 Å². The molecule has 1 fully saturated rings. The maximum atomic E-state index is 12.6. The Morgan fingerprint density at radius 2 is 2.17 bits per heavy atom. The number of nitrogens with one attached hydrogen (secondary N) is 1. The Kier molecular flexibility index (Phi) is 5.35. The second-order valence-electron chi connectivity index (χ2n) is 6.20. The van der Waals surface area contributed by atoms with E-state index in [1.54, 1.807) is 0 Å². The standard InChI is InChI=1S/C18H26N4O2/c1-3-24-15-8-6-13-22-16(14(2)20-17(15)22)18(23)19-9-7-12-21-10-4-5-11-21/h6,8,13H,3-5,7,9-12H2,1-2H3,(H,19,23). The predicted octanol–water partition coefficient (Wildman–Crippen LogP) is 2.26. The van der Waals surface area contributed by atoms with Crippen molar-refractivity contribution in [1.29, 1.82) is 0 Å². The van der Waals surface area contributed by atoms with Crippen molar-refractivity contribution in [3.8, 4) is 5.75 Å². The van der Waals surface area contributed by atoms with Gasteiger partial charge in [0.25, 0.3) is 5.91 Å². The minimum absolute atomic E-state index is 0.0740. The lowest BCUT2D eigenvalue weighted by molar-refractivity contribution is 0.0945. The molecule has 6 nitrogen and oxygen atoms in total. The van der Waals surface area contributed by atoms with E-state index in [0.29, 0.717) is 30.2 Å². The molecule has 3 heterocycles. The molecule has 1 aliphatic heterocycles. The maximum Gasteiger partial charge on any atom is 0.270 e. The minimum atomic E-state index is -0.0740. The monoisotopic (exact) mass is 330 g/mol. The zero-order chi connectivity index (χ0) is 16.9. The van der Waals surface area contributed by atoms with Gasteiger partial charge in [0.2, 0.25) is 0 Å². The average Bonchev–Trinajstić information content (AvgIpc) is 3.19. The van der Waals surface area contributed by atoms with Crippen molar-refractivity contribution in [2.24, 2.45) is 0 Å². The Hall–Kier alpha value is -2.08. The third-order valence-corrected chi connectivity index (χ3v) is 4.44. The van der Waals surface area contributed by atoms with E-state index in [9.17, 15) is 4.79 Å². The van der Waals surface area contributed by atoms with E-state index in [2.05, 4.69) is 15.2 Å². The summed E-state index contributed by atoms with van der Waals surface area (Å²) in [6.45, 7) is 8.51. The lowest BCUT2D eigenvalue weighted by atomic mass is 10.3. The van der Waals surface area contributed by atoms with Gasteiger partial charge in [-0.2, -0.15) is 0 Å². The molecule has 24 heavy (non-hydrogen) atoms. The van der Waals surface area contributed by atoms with Gasteiger partial charge >= 0.3 is 0 Å². The average molecular weight is 330 g/mol. The number of carbonyl (C=O) groups is 1. The van der Waals surface area contributed by atoms with Gasteiger partial charge in [-0.1, -0.05) is 0 Å². The van der Waals surface area contributed by atoms with Crippen LogP contribution in [0.2, 0.25) is 0 Å². The Bertz CT molecular complexity index is 704. The van der Waals surface area contributed by atoms with Gasteiger partial charge in [0.05, 0.1) is 12.3 Å². The van der Waals surface area contributed by atoms with E-state index < -0.39 is 0 Å². The van der Waals surface area contributed by atoms with Crippen LogP contribution >= 0.6 is 0 Å². The van der Waals surface area contributed by atoms with Crippen molar-refractivity contribution in [2.75, 3.05) is 32.8 Å². The first-order valence-corrected chi connectivity index (χ1v) is 8.81. The first-order valence-electron chi connectivity index (χ1n) is 8.81. The number of aryl methyl sites for hydroxylation is 1. The molecule has 0 atom stereocenters. The molecule has 2 aromatic rings. The van der Waals surface area contributed by atoms with E-state index in [1.807, 2.05) is 36.6 Å². The predicted molar refractivity (Wildman–Crippen MR) is 93.7 cm³/mol. The van der Waals surface area contributed by atoms with E-state index in [4.69, 9.17) is 4.74 Å². The van der Waals surface area contributed by atoms with E-state index >= 15 is 0 Å².